The molecule has 1 unspecified atom stereocenters. The van der Waals surface area contributed by atoms with Crippen LogP contribution in [0.4, 0.5) is 5.69 Å². The molecule has 1 heterocycles. The van der Waals surface area contributed by atoms with Crippen LogP contribution in [0.2, 0.25) is 0 Å². The van der Waals surface area contributed by atoms with Crippen LogP contribution in [0.25, 0.3) is 0 Å². The first-order chi connectivity index (χ1) is 9.70. The Morgan fingerprint density at radius 1 is 1.35 bits per heavy atom. The van der Waals surface area contributed by atoms with Gasteiger partial charge >= 0.3 is 0 Å². The highest BCUT2D eigenvalue weighted by molar-refractivity contribution is 5.95. The van der Waals surface area contributed by atoms with Gasteiger partial charge in [0, 0.05) is 25.2 Å². The summed E-state index contributed by atoms with van der Waals surface area (Å²) in [4.78, 5) is 13.5. The molecule has 108 valence electrons. The molecule has 1 N–H and O–H groups in total. The van der Waals surface area contributed by atoms with Crippen molar-refractivity contribution < 1.29 is 4.79 Å². The van der Waals surface area contributed by atoms with Gasteiger partial charge in [0.1, 0.15) is 0 Å². The maximum atomic E-state index is 11.7. The number of aryl methyl sites for hydroxylation is 1. The molecular weight excluding hydrogens is 248 g/mol. The lowest BCUT2D eigenvalue weighted by atomic mass is 9.94. The summed E-state index contributed by atoms with van der Waals surface area (Å²) in [6, 6.07) is 7.16. The monoisotopic (exact) mass is 272 g/mol. The number of carbonyl (C=O) groups is 1. The molecule has 3 nitrogen and oxygen atoms in total. The van der Waals surface area contributed by atoms with Crippen molar-refractivity contribution in [2.75, 3.05) is 18.5 Å². The fourth-order valence-corrected chi connectivity index (χ4v) is 3.16. The SMILES string of the molecule is CCCNC(c1ccc2c(c1)CCC(=O)N2C)C1CC1. The molecule has 1 aromatic carbocycles. The van der Waals surface area contributed by atoms with Crippen molar-refractivity contribution in [3.05, 3.63) is 29.3 Å². The van der Waals surface area contributed by atoms with E-state index >= 15 is 0 Å². The van der Waals surface area contributed by atoms with E-state index in [1.54, 1.807) is 4.90 Å². The summed E-state index contributed by atoms with van der Waals surface area (Å²) in [7, 11) is 1.88. The van der Waals surface area contributed by atoms with Crippen LogP contribution in [0, 0.1) is 5.92 Å². The molecule has 0 bridgehead atoms. The highest BCUT2D eigenvalue weighted by Gasteiger charge is 2.32. The molecule has 1 saturated carbocycles. The number of benzene rings is 1. The van der Waals surface area contributed by atoms with Gasteiger partial charge in [0.25, 0.3) is 0 Å². The van der Waals surface area contributed by atoms with Crippen LogP contribution in [0.15, 0.2) is 18.2 Å². The number of nitrogens with one attached hydrogen (secondary N) is 1. The lowest BCUT2D eigenvalue weighted by Gasteiger charge is -2.27. The van der Waals surface area contributed by atoms with Gasteiger partial charge in [-0.2, -0.15) is 0 Å². The highest BCUT2D eigenvalue weighted by atomic mass is 16.2. The van der Waals surface area contributed by atoms with Crippen molar-refractivity contribution in [1.29, 1.82) is 0 Å². The Labute approximate surface area is 121 Å². The van der Waals surface area contributed by atoms with Crippen LogP contribution >= 0.6 is 0 Å². The molecule has 20 heavy (non-hydrogen) atoms. The summed E-state index contributed by atoms with van der Waals surface area (Å²) in [6.45, 7) is 3.29. The lowest BCUT2D eigenvalue weighted by molar-refractivity contribution is -0.118. The van der Waals surface area contributed by atoms with Crippen LogP contribution < -0.4 is 10.2 Å². The smallest absolute Gasteiger partial charge is 0.227 e. The number of rotatable bonds is 5. The number of hydrogen-bond acceptors (Lipinski definition) is 2. The van der Waals surface area contributed by atoms with Crippen molar-refractivity contribution in [2.45, 2.75) is 45.1 Å². The standard InChI is InChI=1S/C17H24N2O/c1-3-10-18-17(12-4-5-12)14-6-8-15-13(11-14)7-9-16(20)19(15)2/h6,8,11-12,17-18H,3-5,7,9-10H2,1-2H3. The predicted molar refractivity (Wildman–Crippen MR) is 81.9 cm³/mol. The third kappa shape index (κ3) is 2.59. The average molecular weight is 272 g/mol. The second kappa shape index (κ2) is 5.57. The van der Waals surface area contributed by atoms with Gasteiger partial charge < -0.3 is 10.2 Å². The fourth-order valence-electron chi connectivity index (χ4n) is 3.16. The molecule has 1 amide bonds. The average Bonchev–Trinajstić information content (AvgIpc) is 3.28. The van der Waals surface area contributed by atoms with Crippen molar-refractivity contribution in [1.82, 2.24) is 5.32 Å². The molecule has 1 fully saturated rings. The van der Waals surface area contributed by atoms with Gasteiger partial charge in [0.05, 0.1) is 0 Å². The first-order valence-electron chi connectivity index (χ1n) is 7.83. The summed E-state index contributed by atoms with van der Waals surface area (Å²) < 4.78 is 0. The van der Waals surface area contributed by atoms with Crippen LogP contribution in [0.5, 0.6) is 0 Å². The van der Waals surface area contributed by atoms with Gasteiger partial charge in [-0.05, 0) is 55.3 Å². The first kappa shape index (κ1) is 13.6. The molecule has 0 spiro atoms. The predicted octanol–water partition coefficient (Wildman–Crippen LogP) is 3.05. The van der Waals surface area contributed by atoms with Crippen LogP contribution in [-0.4, -0.2) is 19.5 Å². The third-order valence-corrected chi connectivity index (χ3v) is 4.51. The molecular formula is C17H24N2O. The number of anilines is 1. The Kier molecular flexibility index (Phi) is 3.79. The third-order valence-electron chi connectivity index (χ3n) is 4.51. The molecule has 1 aliphatic heterocycles. The quantitative estimate of drug-likeness (QED) is 0.893. The highest BCUT2D eigenvalue weighted by Crippen LogP contribution is 2.42. The normalized spacial score (nSPS) is 19.9. The van der Waals surface area contributed by atoms with E-state index in [1.807, 2.05) is 7.05 Å². The van der Waals surface area contributed by atoms with E-state index in [2.05, 4.69) is 30.4 Å². The van der Waals surface area contributed by atoms with E-state index in [1.165, 1.54) is 30.4 Å². The molecule has 1 aromatic rings. The molecule has 3 rings (SSSR count). The summed E-state index contributed by atoms with van der Waals surface area (Å²) in [5, 5.41) is 3.69. The minimum Gasteiger partial charge on any atom is -0.315 e. The van der Waals surface area contributed by atoms with Crippen molar-refractivity contribution in [3.63, 3.8) is 0 Å². The Bertz CT molecular complexity index is 508. The molecule has 3 heteroatoms. The molecule has 0 radical (unpaired) electrons. The Morgan fingerprint density at radius 2 is 2.15 bits per heavy atom. The summed E-state index contributed by atoms with van der Waals surface area (Å²) in [5.74, 6) is 1.04. The number of nitrogens with zero attached hydrogens (tertiary/aromatic N) is 1. The molecule has 2 aliphatic rings. The number of carbonyl (C=O) groups excluding carboxylic acids is 1. The lowest BCUT2D eigenvalue weighted by Crippen LogP contribution is -2.31. The molecule has 1 aliphatic carbocycles. The van der Waals surface area contributed by atoms with Crippen molar-refractivity contribution >= 4 is 11.6 Å². The first-order valence-corrected chi connectivity index (χ1v) is 7.83. The Morgan fingerprint density at radius 3 is 2.85 bits per heavy atom. The number of fused-ring (bicyclic) bond motifs is 1. The van der Waals surface area contributed by atoms with E-state index in [4.69, 9.17) is 0 Å². The van der Waals surface area contributed by atoms with E-state index in [0.717, 1.165) is 24.6 Å². The van der Waals surface area contributed by atoms with Gasteiger partial charge in [-0.1, -0.05) is 19.1 Å². The maximum absolute atomic E-state index is 11.7. The van der Waals surface area contributed by atoms with Crippen LogP contribution in [0.3, 0.4) is 0 Å². The van der Waals surface area contributed by atoms with E-state index in [9.17, 15) is 4.79 Å². The van der Waals surface area contributed by atoms with Gasteiger partial charge in [-0.25, -0.2) is 0 Å². The number of amides is 1. The minimum absolute atomic E-state index is 0.230. The van der Waals surface area contributed by atoms with Gasteiger partial charge in [-0.15, -0.1) is 0 Å². The Balaban J connectivity index is 1.85. The van der Waals surface area contributed by atoms with Crippen molar-refractivity contribution in [2.24, 2.45) is 5.92 Å². The summed E-state index contributed by atoms with van der Waals surface area (Å²) in [5.41, 5.74) is 3.83. The van der Waals surface area contributed by atoms with E-state index < -0.39 is 0 Å². The second-order valence-corrected chi connectivity index (χ2v) is 6.11. The van der Waals surface area contributed by atoms with Gasteiger partial charge in [0.2, 0.25) is 5.91 Å². The van der Waals surface area contributed by atoms with Crippen LogP contribution in [0.1, 0.15) is 49.8 Å². The zero-order valence-corrected chi connectivity index (χ0v) is 12.5. The zero-order chi connectivity index (χ0) is 14.1. The molecule has 0 aromatic heterocycles. The maximum Gasteiger partial charge on any atom is 0.227 e. The molecule has 1 atom stereocenters. The van der Waals surface area contributed by atoms with Gasteiger partial charge in [0.15, 0.2) is 0 Å². The van der Waals surface area contributed by atoms with Crippen LogP contribution in [-0.2, 0) is 11.2 Å². The summed E-state index contributed by atoms with van der Waals surface area (Å²) >= 11 is 0. The largest absolute Gasteiger partial charge is 0.315 e. The Hall–Kier alpha value is -1.35. The second-order valence-electron chi connectivity index (χ2n) is 6.11. The van der Waals surface area contributed by atoms with E-state index in [0.29, 0.717) is 12.5 Å². The van der Waals surface area contributed by atoms with Crippen molar-refractivity contribution in [3.8, 4) is 0 Å². The fraction of sp³-hybridized carbons (Fsp3) is 0.588. The topological polar surface area (TPSA) is 32.3 Å². The zero-order valence-electron chi connectivity index (χ0n) is 12.5. The number of hydrogen-bond donors (Lipinski definition) is 1. The minimum atomic E-state index is 0.230. The van der Waals surface area contributed by atoms with Gasteiger partial charge in [-0.3, -0.25) is 4.79 Å². The summed E-state index contributed by atoms with van der Waals surface area (Å²) in [6.07, 6.45) is 5.39. The van der Waals surface area contributed by atoms with E-state index in [-0.39, 0.29) is 5.91 Å². The molecule has 0 saturated heterocycles.